The van der Waals surface area contributed by atoms with Crippen molar-refractivity contribution in [2.45, 2.75) is 32.1 Å². The second-order valence-corrected chi connectivity index (χ2v) is 6.12. The fourth-order valence-electron chi connectivity index (χ4n) is 3.31. The van der Waals surface area contributed by atoms with Gasteiger partial charge in [-0.2, -0.15) is 0 Å². The maximum Gasteiger partial charge on any atom is 0.227 e. The molecule has 2 fully saturated rings. The highest BCUT2D eigenvalue weighted by Gasteiger charge is 2.28. The molecule has 1 aromatic carbocycles. The molecule has 1 unspecified atom stereocenters. The van der Waals surface area contributed by atoms with Crippen molar-refractivity contribution in [1.82, 2.24) is 0 Å². The highest BCUT2D eigenvalue weighted by Crippen LogP contribution is 2.28. The summed E-state index contributed by atoms with van der Waals surface area (Å²) >= 11 is 0. The van der Waals surface area contributed by atoms with Crippen LogP contribution in [0.4, 0.5) is 11.4 Å². The van der Waals surface area contributed by atoms with Crippen molar-refractivity contribution in [3.63, 3.8) is 0 Å². The number of amides is 1. The van der Waals surface area contributed by atoms with Crippen molar-refractivity contribution in [3.05, 3.63) is 36.9 Å². The van der Waals surface area contributed by atoms with Crippen molar-refractivity contribution < 1.29 is 4.79 Å². The van der Waals surface area contributed by atoms with E-state index in [1.165, 1.54) is 31.4 Å². The van der Waals surface area contributed by atoms with E-state index >= 15 is 0 Å². The van der Waals surface area contributed by atoms with Gasteiger partial charge in [0.1, 0.15) is 0 Å². The van der Waals surface area contributed by atoms with E-state index in [0.717, 1.165) is 25.3 Å². The molecule has 0 spiro atoms. The number of benzene rings is 1. The zero-order valence-corrected chi connectivity index (χ0v) is 12.6. The predicted molar refractivity (Wildman–Crippen MR) is 87.8 cm³/mol. The van der Waals surface area contributed by atoms with Crippen LogP contribution in [0.1, 0.15) is 32.1 Å². The van der Waals surface area contributed by atoms with Gasteiger partial charge in [-0.3, -0.25) is 4.79 Å². The van der Waals surface area contributed by atoms with Gasteiger partial charge in [-0.1, -0.05) is 18.9 Å². The van der Waals surface area contributed by atoms with E-state index in [1.807, 2.05) is 11.0 Å². The van der Waals surface area contributed by atoms with Crippen molar-refractivity contribution in [2.75, 3.05) is 29.4 Å². The monoisotopic (exact) mass is 284 g/mol. The largest absolute Gasteiger partial charge is 0.372 e. The Morgan fingerprint density at radius 2 is 1.62 bits per heavy atom. The standard InChI is InChI=1S/C18H24N2O/c1-2-15-13-18(21)20(14-15)17-9-7-16(8-10-17)19-11-5-3-4-6-12-19/h2,7-10,15H,1,3-6,11-14H2. The molecule has 2 aliphatic rings. The molecule has 0 N–H and O–H groups in total. The topological polar surface area (TPSA) is 23.6 Å². The third kappa shape index (κ3) is 3.12. The summed E-state index contributed by atoms with van der Waals surface area (Å²) in [6, 6.07) is 8.50. The Bertz CT molecular complexity index is 500. The Balaban J connectivity index is 1.71. The quantitative estimate of drug-likeness (QED) is 0.792. The molecule has 21 heavy (non-hydrogen) atoms. The Morgan fingerprint density at radius 1 is 1.00 bits per heavy atom. The molecule has 0 bridgehead atoms. The van der Waals surface area contributed by atoms with Gasteiger partial charge in [-0.15, -0.1) is 6.58 Å². The first-order chi connectivity index (χ1) is 10.3. The van der Waals surface area contributed by atoms with Crippen LogP contribution in [-0.4, -0.2) is 25.5 Å². The van der Waals surface area contributed by atoms with Gasteiger partial charge in [0.15, 0.2) is 0 Å². The number of rotatable bonds is 3. The average molecular weight is 284 g/mol. The van der Waals surface area contributed by atoms with Crippen LogP contribution in [0.2, 0.25) is 0 Å². The minimum absolute atomic E-state index is 0.211. The lowest BCUT2D eigenvalue weighted by Gasteiger charge is -2.24. The summed E-state index contributed by atoms with van der Waals surface area (Å²) in [5, 5.41) is 0. The van der Waals surface area contributed by atoms with E-state index in [-0.39, 0.29) is 5.91 Å². The third-order valence-electron chi connectivity index (χ3n) is 4.62. The van der Waals surface area contributed by atoms with E-state index < -0.39 is 0 Å². The van der Waals surface area contributed by atoms with Gasteiger partial charge in [0.25, 0.3) is 0 Å². The molecule has 1 atom stereocenters. The molecule has 0 radical (unpaired) electrons. The highest BCUT2D eigenvalue weighted by molar-refractivity contribution is 5.96. The molecule has 3 rings (SSSR count). The van der Waals surface area contributed by atoms with E-state index in [9.17, 15) is 4.79 Å². The molecule has 2 saturated heterocycles. The smallest absolute Gasteiger partial charge is 0.227 e. The predicted octanol–water partition coefficient (Wildman–Crippen LogP) is 3.61. The van der Waals surface area contributed by atoms with E-state index in [0.29, 0.717) is 12.3 Å². The SMILES string of the molecule is C=CC1CC(=O)N(c2ccc(N3CCCCCC3)cc2)C1. The second-order valence-electron chi connectivity index (χ2n) is 6.12. The minimum atomic E-state index is 0.211. The number of anilines is 2. The van der Waals surface area contributed by atoms with Crippen LogP contribution >= 0.6 is 0 Å². The minimum Gasteiger partial charge on any atom is -0.372 e. The molecule has 112 valence electrons. The number of carbonyl (C=O) groups excluding carboxylic acids is 1. The van der Waals surface area contributed by atoms with Crippen LogP contribution in [0, 0.1) is 5.92 Å². The van der Waals surface area contributed by atoms with E-state index in [1.54, 1.807) is 0 Å². The fourth-order valence-corrected chi connectivity index (χ4v) is 3.31. The first-order valence-electron chi connectivity index (χ1n) is 8.06. The molecule has 2 heterocycles. The van der Waals surface area contributed by atoms with Crippen LogP contribution in [0.3, 0.4) is 0 Å². The summed E-state index contributed by atoms with van der Waals surface area (Å²) in [4.78, 5) is 16.4. The number of hydrogen-bond acceptors (Lipinski definition) is 2. The summed E-state index contributed by atoms with van der Waals surface area (Å²) in [7, 11) is 0. The molecule has 1 aromatic rings. The van der Waals surface area contributed by atoms with Gasteiger partial charge < -0.3 is 9.80 Å². The van der Waals surface area contributed by atoms with Crippen molar-refractivity contribution in [2.24, 2.45) is 5.92 Å². The lowest BCUT2D eigenvalue weighted by atomic mass is 10.1. The van der Waals surface area contributed by atoms with Crippen molar-refractivity contribution in [3.8, 4) is 0 Å². The molecule has 2 aliphatic heterocycles. The summed E-state index contributed by atoms with van der Waals surface area (Å²) < 4.78 is 0. The summed E-state index contributed by atoms with van der Waals surface area (Å²) in [5.74, 6) is 0.505. The molecule has 3 heteroatoms. The Kier molecular flexibility index (Phi) is 4.28. The third-order valence-corrected chi connectivity index (χ3v) is 4.62. The summed E-state index contributed by atoms with van der Waals surface area (Å²) in [5.41, 5.74) is 2.30. The van der Waals surface area contributed by atoms with Gasteiger partial charge >= 0.3 is 0 Å². The lowest BCUT2D eigenvalue weighted by Crippen LogP contribution is -2.25. The molecule has 0 aliphatic carbocycles. The molecule has 0 saturated carbocycles. The number of hydrogen-bond donors (Lipinski definition) is 0. The van der Waals surface area contributed by atoms with Crippen LogP contribution in [0.5, 0.6) is 0 Å². The van der Waals surface area contributed by atoms with Crippen LogP contribution in [0.25, 0.3) is 0 Å². The van der Waals surface area contributed by atoms with Crippen molar-refractivity contribution >= 4 is 17.3 Å². The molecule has 0 aromatic heterocycles. The summed E-state index contributed by atoms with van der Waals surface area (Å²) in [6.45, 7) is 6.88. The van der Waals surface area contributed by atoms with Crippen LogP contribution in [0.15, 0.2) is 36.9 Å². The lowest BCUT2D eigenvalue weighted by molar-refractivity contribution is -0.117. The normalized spacial score (nSPS) is 23.2. The van der Waals surface area contributed by atoms with Gasteiger partial charge in [0, 0.05) is 43.3 Å². The zero-order valence-electron chi connectivity index (χ0n) is 12.6. The van der Waals surface area contributed by atoms with Crippen LogP contribution in [-0.2, 0) is 4.79 Å². The van der Waals surface area contributed by atoms with Gasteiger partial charge in [-0.25, -0.2) is 0 Å². The van der Waals surface area contributed by atoms with Gasteiger partial charge in [-0.05, 0) is 37.1 Å². The van der Waals surface area contributed by atoms with E-state index in [4.69, 9.17) is 0 Å². The number of carbonyl (C=O) groups is 1. The Hall–Kier alpha value is -1.77. The van der Waals surface area contributed by atoms with Crippen LogP contribution < -0.4 is 9.80 Å². The molecular weight excluding hydrogens is 260 g/mol. The average Bonchev–Trinajstić information content (AvgIpc) is 2.73. The zero-order chi connectivity index (χ0) is 14.7. The van der Waals surface area contributed by atoms with E-state index in [2.05, 4.69) is 35.7 Å². The van der Waals surface area contributed by atoms with Gasteiger partial charge in [0.05, 0.1) is 0 Å². The first-order valence-corrected chi connectivity index (χ1v) is 8.06. The van der Waals surface area contributed by atoms with Gasteiger partial charge in [0.2, 0.25) is 5.91 Å². The molecular formula is C18H24N2O. The Morgan fingerprint density at radius 3 is 2.19 bits per heavy atom. The summed E-state index contributed by atoms with van der Waals surface area (Å²) in [6.07, 6.45) is 7.75. The maximum atomic E-state index is 12.0. The maximum absolute atomic E-state index is 12.0. The molecule has 3 nitrogen and oxygen atoms in total. The first kappa shape index (κ1) is 14.2. The van der Waals surface area contributed by atoms with Crippen molar-refractivity contribution in [1.29, 1.82) is 0 Å². The molecule has 1 amide bonds. The Labute approximate surface area is 127 Å². The highest BCUT2D eigenvalue weighted by atomic mass is 16.2. The second kappa shape index (κ2) is 6.33. The fraction of sp³-hybridized carbons (Fsp3) is 0.500. The number of nitrogens with zero attached hydrogens (tertiary/aromatic N) is 2.